The van der Waals surface area contributed by atoms with Crippen LogP contribution in [0, 0.1) is 6.92 Å². The van der Waals surface area contributed by atoms with Gasteiger partial charge in [0.05, 0.1) is 29.1 Å². The zero-order valence-corrected chi connectivity index (χ0v) is 10.9. The van der Waals surface area contributed by atoms with Crippen molar-refractivity contribution < 1.29 is 0 Å². The van der Waals surface area contributed by atoms with Crippen molar-refractivity contribution in [2.45, 2.75) is 33.4 Å². The van der Waals surface area contributed by atoms with E-state index in [1.54, 1.807) is 11.3 Å². The highest BCUT2D eigenvalue weighted by Crippen LogP contribution is 2.23. The van der Waals surface area contributed by atoms with Gasteiger partial charge in [-0.25, -0.2) is 9.67 Å². The molecule has 6 heteroatoms. The Labute approximate surface area is 105 Å². The number of anilines is 2. The topological polar surface area (TPSA) is 68.8 Å². The highest BCUT2D eigenvalue weighted by molar-refractivity contribution is 7.07. The van der Waals surface area contributed by atoms with E-state index in [0.29, 0.717) is 6.54 Å². The molecule has 0 saturated carbocycles. The number of nitrogen functional groups attached to an aromatic ring is 1. The van der Waals surface area contributed by atoms with Crippen molar-refractivity contribution in [1.29, 1.82) is 0 Å². The Balaban J connectivity index is 2.13. The van der Waals surface area contributed by atoms with Crippen LogP contribution in [0.2, 0.25) is 0 Å². The van der Waals surface area contributed by atoms with E-state index in [-0.39, 0.29) is 0 Å². The lowest BCUT2D eigenvalue weighted by atomic mass is 10.3. The standard InChI is InChI=1S/C11H17N5S/c1-3-4-16-11(10(12)8(2)15-16)13-5-9-6-17-7-14-9/h6-7,13H,3-5,12H2,1-2H3. The normalized spacial score (nSPS) is 10.7. The van der Waals surface area contributed by atoms with Gasteiger partial charge in [-0.1, -0.05) is 6.92 Å². The Morgan fingerprint density at radius 3 is 3.00 bits per heavy atom. The summed E-state index contributed by atoms with van der Waals surface area (Å²) in [6.45, 7) is 5.60. The molecule has 0 bridgehead atoms. The maximum atomic E-state index is 6.01. The van der Waals surface area contributed by atoms with E-state index in [1.807, 2.05) is 22.5 Å². The maximum Gasteiger partial charge on any atom is 0.148 e. The van der Waals surface area contributed by atoms with Crippen LogP contribution in [-0.4, -0.2) is 14.8 Å². The van der Waals surface area contributed by atoms with Crippen molar-refractivity contribution in [3.05, 3.63) is 22.3 Å². The fourth-order valence-corrected chi connectivity index (χ4v) is 2.21. The van der Waals surface area contributed by atoms with Crippen molar-refractivity contribution in [2.75, 3.05) is 11.1 Å². The van der Waals surface area contributed by atoms with Gasteiger partial charge in [0.25, 0.3) is 0 Å². The Bertz CT molecular complexity index is 474. The Morgan fingerprint density at radius 2 is 2.35 bits per heavy atom. The molecule has 2 rings (SSSR count). The van der Waals surface area contributed by atoms with Crippen molar-refractivity contribution in [1.82, 2.24) is 14.8 Å². The molecule has 0 aromatic carbocycles. The van der Waals surface area contributed by atoms with Gasteiger partial charge in [-0.3, -0.25) is 0 Å². The van der Waals surface area contributed by atoms with Gasteiger partial charge in [0.15, 0.2) is 0 Å². The molecule has 0 unspecified atom stereocenters. The summed E-state index contributed by atoms with van der Waals surface area (Å²) in [6.07, 6.45) is 1.03. The monoisotopic (exact) mass is 251 g/mol. The van der Waals surface area contributed by atoms with Crippen LogP contribution in [0.15, 0.2) is 10.9 Å². The molecule has 0 aliphatic heterocycles. The lowest BCUT2D eigenvalue weighted by Crippen LogP contribution is -2.09. The number of nitrogens with zero attached hydrogens (tertiary/aromatic N) is 3. The Morgan fingerprint density at radius 1 is 1.53 bits per heavy atom. The van der Waals surface area contributed by atoms with Gasteiger partial charge in [0.2, 0.25) is 0 Å². The van der Waals surface area contributed by atoms with E-state index < -0.39 is 0 Å². The van der Waals surface area contributed by atoms with Gasteiger partial charge in [-0.05, 0) is 13.3 Å². The molecule has 2 aromatic rings. The summed E-state index contributed by atoms with van der Waals surface area (Å²) >= 11 is 1.59. The molecule has 0 saturated heterocycles. The van der Waals surface area contributed by atoms with Gasteiger partial charge in [-0.15, -0.1) is 11.3 Å². The number of aryl methyl sites for hydroxylation is 2. The zero-order chi connectivity index (χ0) is 12.3. The Hall–Kier alpha value is -1.56. The summed E-state index contributed by atoms with van der Waals surface area (Å²) in [5, 5.41) is 9.74. The summed E-state index contributed by atoms with van der Waals surface area (Å²) in [6, 6.07) is 0. The average molecular weight is 251 g/mol. The van der Waals surface area contributed by atoms with Gasteiger partial charge in [0, 0.05) is 11.9 Å². The molecule has 0 aliphatic carbocycles. The van der Waals surface area contributed by atoms with Crippen molar-refractivity contribution >= 4 is 22.8 Å². The fraction of sp³-hybridized carbons (Fsp3) is 0.455. The lowest BCUT2D eigenvalue weighted by Gasteiger charge is -2.08. The van der Waals surface area contributed by atoms with Gasteiger partial charge < -0.3 is 11.1 Å². The van der Waals surface area contributed by atoms with Crippen LogP contribution in [-0.2, 0) is 13.1 Å². The summed E-state index contributed by atoms with van der Waals surface area (Å²) in [4.78, 5) is 4.23. The van der Waals surface area contributed by atoms with E-state index in [9.17, 15) is 0 Å². The molecule has 2 heterocycles. The third kappa shape index (κ3) is 2.58. The first-order valence-corrected chi connectivity index (χ1v) is 6.60. The first-order chi connectivity index (χ1) is 8.22. The molecular weight excluding hydrogens is 234 g/mol. The quantitative estimate of drug-likeness (QED) is 0.855. The van der Waals surface area contributed by atoms with Crippen molar-refractivity contribution in [3.8, 4) is 0 Å². The second-order valence-corrected chi connectivity index (χ2v) is 4.62. The molecule has 0 amide bonds. The summed E-state index contributed by atoms with van der Waals surface area (Å²) in [7, 11) is 0. The number of nitrogens with one attached hydrogen (secondary N) is 1. The molecule has 92 valence electrons. The van der Waals surface area contributed by atoms with E-state index in [2.05, 4.69) is 22.3 Å². The molecule has 0 radical (unpaired) electrons. The third-order valence-electron chi connectivity index (χ3n) is 2.53. The molecule has 17 heavy (non-hydrogen) atoms. The van der Waals surface area contributed by atoms with Gasteiger partial charge in [-0.2, -0.15) is 5.10 Å². The first-order valence-electron chi connectivity index (χ1n) is 5.66. The first kappa shape index (κ1) is 11.9. The predicted octanol–water partition coefficient (Wildman–Crippen LogP) is 2.25. The second-order valence-electron chi connectivity index (χ2n) is 3.90. The third-order valence-corrected chi connectivity index (χ3v) is 3.16. The summed E-state index contributed by atoms with van der Waals surface area (Å²) in [5.41, 5.74) is 10.5. The van der Waals surface area contributed by atoms with Gasteiger partial charge >= 0.3 is 0 Å². The van der Waals surface area contributed by atoms with Crippen LogP contribution in [0.4, 0.5) is 11.5 Å². The van der Waals surface area contributed by atoms with Crippen LogP contribution < -0.4 is 11.1 Å². The minimum absolute atomic E-state index is 0.683. The fourth-order valence-electron chi connectivity index (χ4n) is 1.65. The molecule has 0 spiro atoms. The number of nitrogens with two attached hydrogens (primary N) is 1. The zero-order valence-electron chi connectivity index (χ0n) is 10.1. The van der Waals surface area contributed by atoms with E-state index in [0.717, 1.165) is 35.9 Å². The molecule has 0 aliphatic rings. The van der Waals surface area contributed by atoms with Crippen LogP contribution in [0.1, 0.15) is 24.7 Å². The smallest absolute Gasteiger partial charge is 0.148 e. The summed E-state index contributed by atoms with van der Waals surface area (Å²) in [5.74, 6) is 0.900. The van der Waals surface area contributed by atoms with Gasteiger partial charge in [0.1, 0.15) is 5.82 Å². The second kappa shape index (κ2) is 5.18. The van der Waals surface area contributed by atoms with E-state index >= 15 is 0 Å². The number of aromatic nitrogens is 3. The maximum absolute atomic E-state index is 6.01. The van der Waals surface area contributed by atoms with Crippen LogP contribution in [0.3, 0.4) is 0 Å². The summed E-state index contributed by atoms with van der Waals surface area (Å²) < 4.78 is 1.93. The van der Waals surface area contributed by atoms with Crippen LogP contribution >= 0.6 is 11.3 Å². The van der Waals surface area contributed by atoms with E-state index in [1.165, 1.54) is 0 Å². The molecule has 2 aromatic heterocycles. The molecule has 0 fully saturated rings. The number of hydrogen-bond acceptors (Lipinski definition) is 5. The van der Waals surface area contributed by atoms with Crippen LogP contribution in [0.5, 0.6) is 0 Å². The molecule has 5 nitrogen and oxygen atoms in total. The lowest BCUT2D eigenvalue weighted by molar-refractivity contribution is 0.602. The Kier molecular flexibility index (Phi) is 3.63. The predicted molar refractivity (Wildman–Crippen MR) is 71.1 cm³/mol. The van der Waals surface area contributed by atoms with Crippen LogP contribution in [0.25, 0.3) is 0 Å². The van der Waals surface area contributed by atoms with Crippen molar-refractivity contribution in [2.24, 2.45) is 0 Å². The largest absolute Gasteiger partial charge is 0.394 e. The number of thiazole rings is 1. The number of hydrogen-bond donors (Lipinski definition) is 2. The molecule has 0 atom stereocenters. The average Bonchev–Trinajstić information content (AvgIpc) is 2.89. The molecular formula is C11H17N5S. The highest BCUT2D eigenvalue weighted by Gasteiger charge is 2.11. The highest BCUT2D eigenvalue weighted by atomic mass is 32.1. The number of rotatable bonds is 5. The minimum Gasteiger partial charge on any atom is -0.394 e. The molecule has 3 N–H and O–H groups in total. The van der Waals surface area contributed by atoms with E-state index in [4.69, 9.17) is 5.73 Å². The van der Waals surface area contributed by atoms with Crippen molar-refractivity contribution in [3.63, 3.8) is 0 Å². The SMILES string of the molecule is CCCn1nc(C)c(N)c1NCc1cscn1. The minimum atomic E-state index is 0.683.